The molecule has 0 N–H and O–H groups in total. The highest BCUT2D eigenvalue weighted by molar-refractivity contribution is 5.69. The predicted molar refractivity (Wildman–Crippen MR) is 79.0 cm³/mol. The van der Waals surface area contributed by atoms with Crippen molar-refractivity contribution in [2.75, 3.05) is 13.7 Å². The first-order valence-electron chi connectivity index (χ1n) is 6.47. The van der Waals surface area contributed by atoms with Crippen LogP contribution in [0.4, 0.5) is 4.79 Å². The van der Waals surface area contributed by atoms with Crippen molar-refractivity contribution in [2.45, 2.75) is 33.2 Å². The van der Waals surface area contributed by atoms with Gasteiger partial charge in [0.2, 0.25) is 0 Å². The van der Waals surface area contributed by atoms with E-state index < -0.39 is 5.54 Å². The molecule has 1 rings (SSSR count). The van der Waals surface area contributed by atoms with Gasteiger partial charge in [-0.15, -0.1) is 0 Å². The lowest BCUT2D eigenvalue weighted by molar-refractivity contribution is 0.0787. The number of ether oxygens (including phenoxy) is 1. The Morgan fingerprint density at radius 1 is 1.42 bits per heavy atom. The summed E-state index contributed by atoms with van der Waals surface area (Å²) in [5, 5.41) is 0. The first-order chi connectivity index (χ1) is 8.80. The zero-order valence-corrected chi connectivity index (χ0v) is 12.5. The fourth-order valence-corrected chi connectivity index (χ4v) is 1.81. The summed E-state index contributed by atoms with van der Waals surface area (Å²) in [5.74, 6) is 0. The Kier molecular flexibility index (Phi) is 4.76. The van der Waals surface area contributed by atoms with E-state index in [4.69, 9.17) is 4.74 Å². The lowest BCUT2D eigenvalue weighted by Crippen LogP contribution is -2.43. The van der Waals surface area contributed by atoms with Crippen LogP contribution in [0, 0.1) is 0 Å². The molecule has 0 radical (unpaired) electrons. The lowest BCUT2D eigenvalue weighted by Gasteiger charge is -2.35. The van der Waals surface area contributed by atoms with Gasteiger partial charge in [-0.05, 0) is 44.9 Å². The summed E-state index contributed by atoms with van der Waals surface area (Å²) >= 11 is 0. The maximum atomic E-state index is 11.9. The average molecular weight is 261 g/mol. The van der Waals surface area contributed by atoms with Crippen molar-refractivity contribution in [2.24, 2.45) is 0 Å². The average Bonchev–Trinajstić information content (AvgIpc) is 2.38. The van der Waals surface area contributed by atoms with Gasteiger partial charge >= 0.3 is 6.09 Å². The number of hydrogen-bond acceptors (Lipinski definition) is 2. The molecule has 0 aliphatic heterocycles. The van der Waals surface area contributed by atoms with E-state index in [1.54, 1.807) is 18.9 Å². The summed E-state index contributed by atoms with van der Waals surface area (Å²) < 4.78 is 5.06. The molecule has 1 aromatic carbocycles. The first-order valence-corrected chi connectivity index (χ1v) is 6.47. The van der Waals surface area contributed by atoms with E-state index in [-0.39, 0.29) is 6.09 Å². The van der Waals surface area contributed by atoms with Crippen LogP contribution >= 0.6 is 0 Å². The molecule has 1 aromatic rings. The zero-order valence-electron chi connectivity index (χ0n) is 12.5. The number of carbonyl (C=O) groups excluding carboxylic acids is 1. The fourth-order valence-electron chi connectivity index (χ4n) is 1.81. The molecule has 0 fully saturated rings. The molecule has 0 saturated heterocycles. The van der Waals surface area contributed by atoms with Crippen LogP contribution in [-0.2, 0) is 10.3 Å². The van der Waals surface area contributed by atoms with Crippen LogP contribution in [0.25, 0.3) is 5.57 Å². The van der Waals surface area contributed by atoms with Gasteiger partial charge in [-0.3, -0.25) is 0 Å². The summed E-state index contributed by atoms with van der Waals surface area (Å²) in [5.41, 5.74) is 2.72. The predicted octanol–water partition coefficient (Wildman–Crippen LogP) is 4.04. The second-order valence-corrected chi connectivity index (χ2v) is 5.18. The summed E-state index contributed by atoms with van der Waals surface area (Å²) in [7, 11) is 1.76. The molecule has 0 unspecified atom stereocenters. The van der Waals surface area contributed by atoms with Crippen molar-refractivity contribution in [1.29, 1.82) is 0 Å². The van der Waals surface area contributed by atoms with E-state index in [0.29, 0.717) is 6.61 Å². The van der Waals surface area contributed by atoms with Crippen molar-refractivity contribution in [1.82, 2.24) is 4.90 Å². The van der Waals surface area contributed by atoms with Gasteiger partial charge in [-0.25, -0.2) is 4.79 Å². The third-order valence-electron chi connectivity index (χ3n) is 3.44. The van der Waals surface area contributed by atoms with Gasteiger partial charge in [0, 0.05) is 7.05 Å². The topological polar surface area (TPSA) is 29.5 Å². The number of allylic oxidation sites excluding steroid dienone is 1. The number of carbonyl (C=O) groups is 1. The molecular weight excluding hydrogens is 238 g/mol. The minimum absolute atomic E-state index is 0.312. The highest BCUT2D eigenvalue weighted by atomic mass is 16.6. The number of nitrogens with zero attached hydrogens (tertiary/aromatic N) is 1. The summed E-state index contributed by atoms with van der Waals surface area (Å²) in [4.78, 5) is 13.5. The van der Waals surface area contributed by atoms with Gasteiger partial charge in [0.15, 0.2) is 0 Å². The molecule has 0 bridgehead atoms. The molecule has 0 heterocycles. The molecule has 0 aromatic heterocycles. The molecule has 3 nitrogen and oxygen atoms in total. The highest BCUT2D eigenvalue weighted by Crippen LogP contribution is 2.29. The Morgan fingerprint density at radius 2 is 2.05 bits per heavy atom. The van der Waals surface area contributed by atoms with Gasteiger partial charge in [0.25, 0.3) is 0 Å². The van der Waals surface area contributed by atoms with Crippen molar-refractivity contribution in [3.05, 3.63) is 42.0 Å². The smallest absolute Gasteiger partial charge is 0.410 e. The first kappa shape index (κ1) is 15.3. The van der Waals surface area contributed by atoms with Crippen molar-refractivity contribution >= 4 is 11.7 Å². The maximum Gasteiger partial charge on any atom is 0.410 e. The van der Waals surface area contributed by atoms with Crippen LogP contribution in [0.5, 0.6) is 0 Å². The molecule has 0 spiro atoms. The highest BCUT2D eigenvalue weighted by Gasteiger charge is 2.30. The van der Waals surface area contributed by atoms with Crippen molar-refractivity contribution in [3.63, 3.8) is 0 Å². The van der Waals surface area contributed by atoms with Crippen LogP contribution in [0.1, 0.15) is 38.8 Å². The summed E-state index contributed by atoms with van der Waals surface area (Å²) in [6, 6.07) is 8.09. The van der Waals surface area contributed by atoms with E-state index in [0.717, 1.165) is 16.7 Å². The normalized spacial score (nSPS) is 11.0. The van der Waals surface area contributed by atoms with Crippen LogP contribution < -0.4 is 0 Å². The zero-order chi connectivity index (χ0) is 14.6. The molecular formula is C16H23NO2. The Balaban J connectivity index is 3.08. The van der Waals surface area contributed by atoms with Crippen LogP contribution in [0.3, 0.4) is 0 Å². The quantitative estimate of drug-likeness (QED) is 0.818. The molecule has 1 amide bonds. The SMILES string of the molecule is C=C(C)c1cccc(C(C)(C)N(C)C(=O)OCC)c1. The standard InChI is InChI=1S/C16H23NO2/c1-7-19-15(18)17(6)16(4,5)14-10-8-9-13(11-14)12(2)3/h8-11H,2,7H2,1,3-6H3. The van der Waals surface area contributed by atoms with E-state index in [1.165, 1.54) is 0 Å². The molecule has 0 aliphatic rings. The van der Waals surface area contributed by atoms with E-state index >= 15 is 0 Å². The number of amides is 1. The number of hydrogen-bond donors (Lipinski definition) is 0. The summed E-state index contributed by atoms with van der Waals surface area (Å²) in [6.45, 7) is 12.1. The molecule has 19 heavy (non-hydrogen) atoms. The third-order valence-corrected chi connectivity index (χ3v) is 3.44. The lowest BCUT2D eigenvalue weighted by atomic mass is 9.90. The van der Waals surface area contributed by atoms with Gasteiger partial charge < -0.3 is 9.64 Å². The van der Waals surface area contributed by atoms with Gasteiger partial charge in [-0.1, -0.05) is 30.4 Å². The molecule has 104 valence electrons. The van der Waals surface area contributed by atoms with E-state index in [1.807, 2.05) is 39.0 Å². The van der Waals surface area contributed by atoms with Gasteiger partial charge in [-0.2, -0.15) is 0 Å². The Labute approximate surface area is 115 Å². The second-order valence-electron chi connectivity index (χ2n) is 5.18. The molecule has 0 atom stereocenters. The molecule has 0 aliphatic carbocycles. The minimum atomic E-state index is -0.433. The molecule has 0 saturated carbocycles. The maximum absolute atomic E-state index is 11.9. The Bertz CT molecular complexity index is 477. The monoisotopic (exact) mass is 261 g/mol. The van der Waals surface area contributed by atoms with Crippen molar-refractivity contribution < 1.29 is 9.53 Å². The summed E-state index contributed by atoms with van der Waals surface area (Å²) in [6.07, 6.45) is -0.312. The van der Waals surface area contributed by atoms with Crippen LogP contribution in [0.15, 0.2) is 30.8 Å². The van der Waals surface area contributed by atoms with Gasteiger partial charge in [0.05, 0.1) is 12.1 Å². The van der Waals surface area contributed by atoms with Crippen LogP contribution in [-0.4, -0.2) is 24.6 Å². The van der Waals surface area contributed by atoms with Gasteiger partial charge in [0.1, 0.15) is 0 Å². The van der Waals surface area contributed by atoms with E-state index in [9.17, 15) is 4.79 Å². The van der Waals surface area contributed by atoms with Crippen molar-refractivity contribution in [3.8, 4) is 0 Å². The van der Waals surface area contributed by atoms with E-state index in [2.05, 4.69) is 12.6 Å². The van der Waals surface area contributed by atoms with Crippen LogP contribution in [0.2, 0.25) is 0 Å². The Hall–Kier alpha value is -1.77. The largest absolute Gasteiger partial charge is 0.450 e. The fraction of sp³-hybridized carbons (Fsp3) is 0.438. The second kappa shape index (κ2) is 5.91. The number of rotatable bonds is 4. The minimum Gasteiger partial charge on any atom is -0.450 e. The number of benzene rings is 1. The Morgan fingerprint density at radius 3 is 2.58 bits per heavy atom. The third kappa shape index (κ3) is 3.37. The molecule has 3 heteroatoms.